The third kappa shape index (κ3) is 6.25. The highest BCUT2D eigenvalue weighted by Crippen LogP contribution is 2.29. The molecule has 0 bridgehead atoms. The van der Waals surface area contributed by atoms with Crippen LogP contribution >= 0.6 is 11.3 Å². The fraction of sp³-hybridized carbons (Fsp3) is 0.250. The Morgan fingerprint density at radius 3 is 2.62 bits per heavy atom. The molecule has 1 amide bonds. The summed E-state index contributed by atoms with van der Waals surface area (Å²) >= 11 is 1.32. The number of thiophene rings is 1. The van der Waals surface area contributed by atoms with Crippen molar-refractivity contribution in [3.05, 3.63) is 83.2 Å². The first-order valence-electron chi connectivity index (χ1n) is 12.3. The van der Waals surface area contributed by atoms with Crippen LogP contribution in [0.2, 0.25) is 0 Å². The van der Waals surface area contributed by atoms with Gasteiger partial charge >= 0.3 is 0 Å². The lowest BCUT2D eigenvalue weighted by Gasteiger charge is -2.11. The maximum absolute atomic E-state index is 13.0. The Balaban J connectivity index is 0.00000156. The van der Waals surface area contributed by atoms with Crippen LogP contribution in [-0.2, 0) is 13.1 Å². The predicted molar refractivity (Wildman–Crippen MR) is 149 cm³/mol. The van der Waals surface area contributed by atoms with Gasteiger partial charge in [0.15, 0.2) is 11.7 Å². The molecule has 3 heterocycles. The van der Waals surface area contributed by atoms with Gasteiger partial charge in [0.25, 0.3) is 5.91 Å². The van der Waals surface area contributed by atoms with Gasteiger partial charge in [0, 0.05) is 19.2 Å². The van der Waals surface area contributed by atoms with Crippen molar-refractivity contribution in [3.63, 3.8) is 0 Å². The van der Waals surface area contributed by atoms with Crippen LogP contribution in [0.5, 0.6) is 0 Å². The zero-order valence-electron chi connectivity index (χ0n) is 21.4. The fourth-order valence-electron chi connectivity index (χ4n) is 3.82. The summed E-state index contributed by atoms with van der Waals surface area (Å²) in [7, 11) is 0. The average molecular weight is 518 g/mol. The van der Waals surface area contributed by atoms with Gasteiger partial charge in [0.2, 0.25) is 5.95 Å². The number of fused-ring (bicyclic) bond motifs is 1. The number of oxazole rings is 1. The lowest BCUT2D eigenvalue weighted by atomic mass is 10.2. The van der Waals surface area contributed by atoms with E-state index >= 15 is 0 Å². The summed E-state index contributed by atoms with van der Waals surface area (Å²) in [6.45, 7) is 8.44. The maximum Gasteiger partial charge on any atom is 0.268 e. The van der Waals surface area contributed by atoms with Crippen LogP contribution in [0.1, 0.15) is 41.9 Å². The lowest BCUT2D eigenvalue weighted by molar-refractivity contribution is 0.102. The summed E-state index contributed by atoms with van der Waals surface area (Å²) in [5.41, 5.74) is 3.69. The van der Waals surface area contributed by atoms with Gasteiger partial charge in [-0.3, -0.25) is 10.1 Å². The summed E-state index contributed by atoms with van der Waals surface area (Å²) in [4.78, 5) is 23.2. The molecule has 9 heteroatoms. The molecule has 0 saturated heterocycles. The minimum Gasteiger partial charge on any atom is -0.440 e. The first-order chi connectivity index (χ1) is 18.0. The zero-order valence-corrected chi connectivity index (χ0v) is 22.2. The molecule has 1 unspecified atom stereocenters. The summed E-state index contributed by atoms with van der Waals surface area (Å²) in [6.07, 6.45) is 1.04. The third-order valence-corrected chi connectivity index (χ3v) is 6.55. The highest BCUT2D eigenvalue weighted by molar-refractivity contribution is 7.17. The van der Waals surface area contributed by atoms with Gasteiger partial charge in [-0.05, 0) is 48.9 Å². The van der Waals surface area contributed by atoms with Gasteiger partial charge in [-0.2, -0.15) is 0 Å². The molecule has 37 heavy (non-hydrogen) atoms. The zero-order chi connectivity index (χ0) is 26.4. The molecule has 0 fully saturated rings. The van der Waals surface area contributed by atoms with Crippen molar-refractivity contribution in [2.45, 2.75) is 46.9 Å². The molecule has 3 N–H and O–H groups in total. The number of aliphatic hydroxyl groups is 1. The van der Waals surface area contributed by atoms with E-state index in [4.69, 9.17) is 4.42 Å². The number of carbonyl (C=O) groups excluding carboxylic acids is 1. The Morgan fingerprint density at radius 1 is 1.14 bits per heavy atom. The minimum atomic E-state index is -0.606. The van der Waals surface area contributed by atoms with Crippen molar-refractivity contribution in [3.8, 4) is 10.6 Å². The van der Waals surface area contributed by atoms with Crippen molar-refractivity contribution in [1.82, 2.24) is 14.5 Å². The average Bonchev–Trinajstić information content (AvgIpc) is 3.64. The Kier molecular flexibility index (Phi) is 8.37. The summed E-state index contributed by atoms with van der Waals surface area (Å²) in [5, 5.41) is 16.4. The number of hydrogen-bond acceptors (Lipinski definition) is 7. The fourth-order valence-corrected chi connectivity index (χ4v) is 4.67. The van der Waals surface area contributed by atoms with Crippen LogP contribution in [0.3, 0.4) is 0 Å². The smallest absolute Gasteiger partial charge is 0.268 e. The normalized spacial score (nSPS) is 11.6. The van der Waals surface area contributed by atoms with Crippen LogP contribution in [0.4, 0.5) is 11.6 Å². The molecule has 192 valence electrons. The number of aryl methyl sites for hydroxylation is 1. The molecule has 0 aliphatic rings. The van der Waals surface area contributed by atoms with Crippen molar-refractivity contribution >= 4 is 39.9 Å². The van der Waals surface area contributed by atoms with E-state index in [-0.39, 0.29) is 5.91 Å². The van der Waals surface area contributed by atoms with Gasteiger partial charge < -0.3 is 19.4 Å². The van der Waals surface area contributed by atoms with Crippen LogP contribution in [0.25, 0.3) is 21.7 Å². The number of para-hydroxylation sites is 1. The molecular weight excluding hydrogens is 486 g/mol. The van der Waals surface area contributed by atoms with Gasteiger partial charge in [-0.1, -0.05) is 38.1 Å². The molecule has 0 radical (unpaired) electrons. The second kappa shape index (κ2) is 11.9. The van der Waals surface area contributed by atoms with Crippen LogP contribution in [0.15, 0.2) is 71.3 Å². The lowest BCUT2D eigenvalue weighted by Crippen LogP contribution is -2.18. The van der Waals surface area contributed by atoms with Crippen molar-refractivity contribution in [2.24, 2.45) is 0 Å². The number of carbonyl (C=O) groups is 1. The minimum absolute atomic E-state index is 0.273. The largest absolute Gasteiger partial charge is 0.440 e. The van der Waals surface area contributed by atoms with E-state index in [0.29, 0.717) is 35.6 Å². The molecule has 0 aliphatic heterocycles. The van der Waals surface area contributed by atoms with Crippen molar-refractivity contribution < 1.29 is 14.3 Å². The molecular formula is C28H31N5O3S. The van der Waals surface area contributed by atoms with Crippen molar-refractivity contribution in [1.29, 1.82) is 0 Å². The third-order valence-electron chi connectivity index (χ3n) is 5.45. The topological polar surface area (TPSA) is 105 Å². The van der Waals surface area contributed by atoms with Crippen molar-refractivity contribution in [2.75, 3.05) is 10.6 Å². The summed E-state index contributed by atoms with van der Waals surface area (Å²) in [6, 6.07) is 19.6. The number of aromatic nitrogens is 3. The predicted octanol–water partition coefficient (Wildman–Crippen LogP) is 6.33. The number of imidazole rings is 1. The maximum atomic E-state index is 13.0. The highest BCUT2D eigenvalue weighted by Gasteiger charge is 2.18. The van der Waals surface area contributed by atoms with E-state index in [1.807, 2.05) is 73.0 Å². The number of hydrogen-bond donors (Lipinski definition) is 3. The molecule has 3 aromatic heterocycles. The Morgan fingerprint density at radius 2 is 1.92 bits per heavy atom. The number of nitrogens with one attached hydrogen (secondary N) is 2. The van der Waals surface area contributed by atoms with Crippen LogP contribution in [-0.4, -0.2) is 31.7 Å². The number of benzene rings is 2. The highest BCUT2D eigenvalue weighted by atomic mass is 32.1. The standard InChI is InChI=1S/C26H25N5O3S.C2H6/c1-16(32)15-31-21-9-8-18(13-28-19-6-4-3-5-7-19)12-20(21)29-26(31)30-25(33)24-11-10-23(35-24)22-14-27-17(2)34-22;1-2/h3-12,14,16,28,32H,13,15H2,1-2H3,(H,29,30,33);1-2H3. The van der Waals surface area contributed by atoms with E-state index in [0.717, 1.165) is 27.2 Å². The number of anilines is 2. The number of rotatable bonds is 8. The van der Waals surface area contributed by atoms with Gasteiger partial charge in [0.1, 0.15) is 0 Å². The van der Waals surface area contributed by atoms with Gasteiger partial charge in [0.05, 0.1) is 39.6 Å². The van der Waals surface area contributed by atoms with E-state index in [2.05, 4.69) is 20.6 Å². The number of amides is 1. The molecule has 0 saturated carbocycles. The SMILES string of the molecule is CC.Cc1ncc(-c2ccc(C(=O)Nc3nc4cc(CNc5ccccc5)ccc4n3CC(C)O)s2)o1. The van der Waals surface area contributed by atoms with E-state index in [1.54, 1.807) is 26.1 Å². The molecule has 5 rings (SSSR count). The molecule has 8 nitrogen and oxygen atoms in total. The first-order valence-corrected chi connectivity index (χ1v) is 13.1. The monoisotopic (exact) mass is 517 g/mol. The summed E-state index contributed by atoms with van der Waals surface area (Å²) in [5.74, 6) is 1.32. The van der Waals surface area contributed by atoms with Gasteiger partial charge in [-0.15, -0.1) is 11.3 Å². The second-order valence-corrected chi connectivity index (χ2v) is 9.38. The molecule has 0 spiro atoms. The van der Waals surface area contributed by atoms with Gasteiger partial charge in [-0.25, -0.2) is 9.97 Å². The van der Waals surface area contributed by atoms with E-state index in [1.165, 1.54) is 11.3 Å². The van der Waals surface area contributed by atoms with Crippen LogP contribution < -0.4 is 10.6 Å². The first kappa shape index (κ1) is 26.1. The number of aliphatic hydroxyl groups excluding tert-OH is 1. The molecule has 1 atom stereocenters. The number of nitrogens with zero attached hydrogens (tertiary/aromatic N) is 3. The van der Waals surface area contributed by atoms with E-state index in [9.17, 15) is 9.90 Å². The van der Waals surface area contributed by atoms with Crippen LogP contribution in [0, 0.1) is 6.92 Å². The Bertz CT molecular complexity index is 1470. The Hall–Kier alpha value is -3.95. The quantitative estimate of drug-likeness (QED) is 0.222. The second-order valence-electron chi connectivity index (χ2n) is 8.30. The van der Waals surface area contributed by atoms with E-state index < -0.39 is 6.10 Å². The summed E-state index contributed by atoms with van der Waals surface area (Å²) < 4.78 is 7.40. The molecule has 0 aliphatic carbocycles. The molecule has 5 aromatic rings. The molecule has 2 aromatic carbocycles. The Labute approximate surface area is 220 Å².